The fourth-order valence-corrected chi connectivity index (χ4v) is 2.58. The average molecular weight is 230 g/mol. The lowest BCUT2D eigenvalue weighted by Gasteiger charge is -2.02. The highest BCUT2D eigenvalue weighted by atomic mass is 15.1. The molecule has 4 nitrogen and oxygen atoms in total. The van der Waals surface area contributed by atoms with Gasteiger partial charge in [-0.1, -0.05) is 0 Å². The van der Waals surface area contributed by atoms with E-state index in [1.54, 1.807) is 0 Å². The summed E-state index contributed by atoms with van der Waals surface area (Å²) in [6.45, 7) is 2.11. The van der Waals surface area contributed by atoms with E-state index in [1.165, 1.54) is 17.9 Å². The van der Waals surface area contributed by atoms with Crippen LogP contribution in [0.4, 0.5) is 0 Å². The number of aromatic nitrogens is 3. The number of hydrogen-bond donors (Lipinski definition) is 2. The molecule has 4 heteroatoms. The van der Waals surface area contributed by atoms with Crippen LogP contribution < -0.4 is 5.32 Å². The van der Waals surface area contributed by atoms with Crippen LogP contribution in [0.3, 0.4) is 0 Å². The number of nitrogens with one attached hydrogen (secondary N) is 2. The van der Waals surface area contributed by atoms with Crippen LogP contribution in [0.1, 0.15) is 17.9 Å². The van der Waals surface area contributed by atoms with Gasteiger partial charge in [0.15, 0.2) is 0 Å². The molecule has 0 saturated carbocycles. The molecule has 17 heavy (non-hydrogen) atoms. The minimum atomic E-state index is 0.987. The first kappa shape index (κ1) is 10.6. The first-order chi connectivity index (χ1) is 8.40. The number of rotatable bonds is 4. The smallest absolute Gasteiger partial charge is 0.110 e. The first-order valence-electron chi connectivity index (χ1n) is 6.27. The Morgan fingerprint density at radius 1 is 1.53 bits per heavy atom. The lowest BCUT2D eigenvalue weighted by Crippen LogP contribution is -2.13. The van der Waals surface area contributed by atoms with Crippen LogP contribution in [0.25, 0.3) is 11.4 Å². The number of H-pyrrole nitrogens is 1. The highest BCUT2D eigenvalue weighted by Crippen LogP contribution is 2.28. The second-order valence-electron chi connectivity index (χ2n) is 4.52. The minimum absolute atomic E-state index is 0.987. The minimum Gasteiger partial charge on any atom is -0.360 e. The van der Waals surface area contributed by atoms with Gasteiger partial charge in [-0.15, -0.1) is 0 Å². The molecule has 0 aromatic carbocycles. The predicted octanol–water partition coefficient (Wildman–Crippen LogP) is 1.59. The predicted molar refractivity (Wildman–Crippen MR) is 68.0 cm³/mol. The van der Waals surface area contributed by atoms with Crippen molar-refractivity contribution in [3.8, 4) is 11.4 Å². The summed E-state index contributed by atoms with van der Waals surface area (Å²) in [5.41, 5.74) is 3.70. The van der Waals surface area contributed by atoms with Gasteiger partial charge in [0.1, 0.15) is 11.5 Å². The van der Waals surface area contributed by atoms with Crippen LogP contribution in [0.2, 0.25) is 0 Å². The monoisotopic (exact) mass is 230 g/mol. The summed E-state index contributed by atoms with van der Waals surface area (Å²) >= 11 is 0. The average Bonchev–Trinajstić information content (AvgIpc) is 3.03. The van der Waals surface area contributed by atoms with Crippen molar-refractivity contribution in [3.63, 3.8) is 0 Å². The maximum Gasteiger partial charge on any atom is 0.110 e. The number of likely N-dealkylation sites (N-methyl/N-ethyl adjacent to an activating group) is 1. The van der Waals surface area contributed by atoms with Crippen molar-refractivity contribution in [2.75, 3.05) is 13.6 Å². The lowest BCUT2D eigenvalue weighted by atomic mass is 10.2. The highest BCUT2D eigenvalue weighted by Gasteiger charge is 2.22. The topological polar surface area (TPSA) is 45.6 Å². The van der Waals surface area contributed by atoms with Crippen molar-refractivity contribution < 1.29 is 0 Å². The fraction of sp³-hybridized carbons (Fsp3) is 0.462. The van der Waals surface area contributed by atoms with Crippen molar-refractivity contribution in [1.82, 2.24) is 19.9 Å². The summed E-state index contributed by atoms with van der Waals surface area (Å²) < 4.78 is 2.40. The molecule has 2 N–H and O–H groups in total. The first-order valence-corrected chi connectivity index (χ1v) is 6.27. The summed E-state index contributed by atoms with van der Waals surface area (Å²) in [6.07, 6.45) is 5.37. The number of fused-ring (bicyclic) bond motifs is 1. The lowest BCUT2D eigenvalue weighted by molar-refractivity contribution is 0.663. The molecule has 0 aliphatic carbocycles. The van der Waals surface area contributed by atoms with Gasteiger partial charge in [-0.2, -0.15) is 0 Å². The quantitative estimate of drug-likeness (QED) is 0.837. The zero-order valence-electron chi connectivity index (χ0n) is 10.2. The van der Waals surface area contributed by atoms with Gasteiger partial charge in [0.05, 0.1) is 5.69 Å². The normalized spacial score (nSPS) is 14.2. The maximum absolute atomic E-state index is 4.80. The zero-order chi connectivity index (χ0) is 11.7. The maximum atomic E-state index is 4.80. The van der Waals surface area contributed by atoms with E-state index in [1.807, 2.05) is 19.3 Å². The van der Waals surface area contributed by atoms with Gasteiger partial charge in [-0.05, 0) is 32.0 Å². The molecule has 0 saturated heterocycles. The molecule has 3 heterocycles. The van der Waals surface area contributed by atoms with Crippen LogP contribution in [0.15, 0.2) is 18.3 Å². The van der Waals surface area contributed by atoms with Crippen LogP contribution in [0, 0.1) is 0 Å². The number of hydrogen-bond acceptors (Lipinski definition) is 2. The van der Waals surface area contributed by atoms with E-state index in [-0.39, 0.29) is 0 Å². The van der Waals surface area contributed by atoms with E-state index in [2.05, 4.69) is 20.9 Å². The Labute approximate surface area is 101 Å². The second kappa shape index (κ2) is 4.37. The molecule has 1 aliphatic rings. The van der Waals surface area contributed by atoms with Crippen molar-refractivity contribution in [2.24, 2.45) is 0 Å². The summed E-state index contributed by atoms with van der Waals surface area (Å²) in [4.78, 5) is 8.06. The Balaban J connectivity index is 2.00. The molecule has 90 valence electrons. The van der Waals surface area contributed by atoms with E-state index < -0.39 is 0 Å². The molecule has 0 bridgehead atoms. The van der Waals surface area contributed by atoms with Gasteiger partial charge in [-0.3, -0.25) is 0 Å². The number of aromatic amines is 1. The summed E-state index contributed by atoms with van der Waals surface area (Å²) in [6, 6.07) is 4.13. The van der Waals surface area contributed by atoms with Crippen LogP contribution in [0.5, 0.6) is 0 Å². The zero-order valence-corrected chi connectivity index (χ0v) is 10.2. The van der Waals surface area contributed by atoms with Gasteiger partial charge in [0, 0.05) is 31.4 Å². The van der Waals surface area contributed by atoms with Gasteiger partial charge in [0.2, 0.25) is 0 Å². The third kappa shape index (κ3) is 1.78. The molecular weight excluding hydrogens is 212 g/mol. The van der Waals surface area contributed by atoms with E-state index in [0.717, 1.165) is 37.3 Å². The number of nitrogens with zero attached hydrogens (tertiary/aromatic N) is 2. The summed E-state index contributed by atoms with van der Waals surface area (Å²) in [5.74, 6) is 1.22. The largest absolute Gasteiger partial charge is 0.360 e. The summed E-state index contributed by atoms with van der Waals surface area (Å²) in [5, 5.41) is 3.19. The number of imidazole rings is 1. The Morgan fingerprint density at radius 3 is 3.24 bits per heavy atom. The van der Waals surface area contributed by atoms with Gasteiger partial charge in [0.25, 0.3) is 0 Å². The van der Waals surface area contributed by atoms with Crippen LogP contribution in [-0.4, -0.2) is 28.1 Å². The Kier molecular flexibility index (Phi) is 2.73. The van der Waals surface area contributed by atoms with Gasteiger partial charge in [-0.25, -0.2) is 4.98 Å². The molecule has 0 amide bonds. The molecule has 0 spiro atoms. The van der Waals surface area contributed by atoms with E-state index in [0.29, 0.717) is 0 Å². The second-order valence-corrected chi connectivity index (χ2v) is 4.52. The van der Waals surface area contributed by atoms with Crippen molar-refractivity contribution >= 4 is 0 Å². The van der Waals surface area contributed by atoms with Gasteiger partial charge >= 0.3 is 0 Å². The SMILES string of the molecule is CNCCc1nc(-c2ccc[nH]2)c2n1CCC2. The fourth-order valence-electron chi connectivity index (χ4n) is 2.58. The van der Waals surface area contributed by atoms with Crippen LogP contribution >= 0.6 is 0 Å². The van der Waals surface area contributed by atoms with Crippen LogP contribution in [-0.2, 0) is 19.4 Å². The van der Waals surface area contributed by atoms with E-state index in [9.17, 15) is 0 Å². The van der Waals surface area contributed by atoms with Gasteiger partial charge < -0.3 is 14.9 Å². The van der Waals surface area contributed by atoms with E-state index in [4.69, 9.17) is 4.98 Å². The highest BCUT2D eigenvalue weighted by molar-refractivity contribution is 5.59. The third-order valence-electron chi connectivity index (χ3n) is 3.40. The Bertz CT molecular complexity index is 496. The Morgan fingerprint density at radius 2 is 2.47 bits per heavy atom. The van der Waals surface area contributed by atoms with E-state index >= 15 is 0 Å². The molecule has 2 aromatic rings. The molecule has 2 aromatic heterocycles. The van der Waals surface area contributed by atoms with Crippen molar-refractivity contribution in [2.45, 2.75) is 25.8 Å². The molecule has 0 fully saturated rings. The third-order valence-corrected chi connectivity index (χ3v) is 3.40. The Hall–Kier alpha value is -1.55. The molecule has 0 atom stereocenters. The molecule has 3 rings (SSSR count). The molecular formula is C13H18N4. The molecule has 1 aliphatic heterocycles. The van der Waals surface area contributed by atoms with Crippen molar-refractivity contribution in [1.29, 1.82) is 0 Å². The molecule has 0 unspecified atom stereocenters. The molecule has 0 radical (unpaired) electrons. The van der Waals surface area contributed by atoms with Crippen molar-refractivity contribution in [3.05, 3.63) is 29.8 Å². The standard InChI is InChI=1S/C13H18N4/c1-14-8-6-12-16-13(10-4-2-7-15-10)11-5-3-9-17(11)12/h2,4,7,14-15H,3,5-6,8-9H2,1H3. The summed E-state index contributed by atoms with van der Waals surface area (Å²) in [7, 11) is 1.99.